The molecule has 1 rings (SSSR count). The van der Waals surface area contributed by atoms with Gasteiger partial charge in [-0.25, -0.2) is 4.98 Å². The van der Waals surface area contributed by atoms with E-state index in [0.717, 1.165) is 0 Å². The minimum atomic E-state index is -0.433. The van der Waals surface area contributed by atoms with Gasteiger partial charge in [0.2, 0.25) is 0 Å². The molecule has 0 fully saturated rings. The van der Waals surface area contributed by atoms with Gasteiger partial charge in [-0.3, -0.25) is 20.6 Å². The molecule has 92 valence electrons. The van der Waals surface area contributed by atoms with Crippen LogP contribution in [0.2, 0.25) is 0 Å². The molecule has 1 aromatic heterocycles. The van der Waals surface area contributed by atoms with E-state index in [-0.39, 0.29) is 12.3 Å². The van der Waals surface area contributed by atoms with E-state index in [9.17, 15) is 4.79 Å². The van der Waals surface area contributed by atoms with Crippen LogP contribution >= 0.6 is 12.2 Å². The third kappa shape index (κ3) is 4.29. The van der Waals surface area contributed by atoms with Gasteiger partial charge < -0.3 is 10.0 Å². The van der Waals surface area contributed by atoms with E-state index in [1.807, 2.05) is 0 Å². The summed E-state index contributed by atoms with van der Waals surface area (Å²) in [5.41, 5.74) is 5.11. The van der Waals surface area contributed by atoms with Crippen molar-refractivity contribution in [2.75, 3.05) is 20.2 Å². The lowest BCUT2D eigenvalue weighted by Crippen LogP contribution is -2.48. The summed E-state index contributed by atoms with van der Waals surface area (Å²) >= 11 is 4.96. The fraction of sp³-hybridized carbons (Fsp3) is 0.333. The van der Waals surface area contributed by atoms with Gasteiger partial charge in [0.1, 0.15) is 5.69 Å². The number of hydrogen-bond acceptors (Lipinski definition) is 5. The Kier molecular flexibility index (Phi) is 5.24. The maximum Gasteiger partial charge on any atom is 0.289 e. The van der Waals surface area contributed by atoms with Gasteiger partial charge in [-0.2, -0.15) is 0 Å². The highest BCUT2D eigenvalue weighted by atomic mass is 32.1. The number of rotatable bonds is 3. The SMILES string of the molecule is CN(CCO)C(=S)NNC(=O)c1cnccn1. The van der Waals surface area contributed by atoms with Crippen molar-refractivity contribution in [1.82, 2.24) is 25.7 Å². The Labute approximate surface area is 104 Å². The van der Waals surface area contributed by atoms with Crippen molar-refractivity contribution in [3.8, 4) is 0 Å². The number of hydrazine groups is 1. The number of carbonyl (C=O) groups is 1. The first kappa shape index (κ1) is 13.3. The van der Waals surface area contributed by atoms with Crippen LogP contribution in [0, 0.1) is 0 Å². The molecule has 0 saturated carbocycles. The minimum Gasteiger partial charge on any atom is -0.395 e. The molecule has 0 spiro atoms. The summed E-state index contributed by atoms with van der Waals surface area (Å²) in [6, 6.07) is 0. The summed E-state index contributed by atoms with van der Waals surface area (Å²) in [5.74, 6) is -0.433. The highest BCUT2D eigenvalue weighted by Gasteiger charge is 2.08. The van der Waals surface area contributed by atoms with Crippen molar-refractivity contribution in [1.29, 1.82) is 0 Å². The zero-order valence-electron chi connectivity index (χ0n) is 9.25. The summed E-state index contributed by atoms with van der Waals surface area (Å²) in [7, 11) is 1.69. The van der Waals surface area contributed by atoms with E-state index >= 15 is 0 Å². The summed E-state index contributed by atoms with van der Waals surface area (Å²) in [6.07, 6.45) is 4.24. The predicted octanol–water partition coefficient (Wildman–Crippen LogP) is -1.08. The van der Waals surface area contributed by atoms with Crippen LogP contribution in [-0.2, 0) is 0 Å². The molecular formula is C9H13N5O2S. The Morgan fingerprint density at radius 2 is 2.29 bits per heavy atom. The topological polar surface area (TPSA) is 90.4 Å². The van der Waals surface area contributed by atoms with Crippen molar-refractivity contribution < 1.29 is 9.90 Å². The second kappa shape index (κ2) is 6.71. The highest BCUT2D eigenvalue weighted by Crippen LogP contribution is 1.89. The van der Waals surface area contributed by atoms with Crippen LogP contribution in [0.4, 0.5) is 0 Å². The third-order valence-corrected chi connectivity index (χ3v) is 2.27. The van der Waals surface area contributed by atoms with Crippen molar-refractivity contribution in [2.24, 2.45) is 0 Å². The van der Waals surface area contributed by atoms with Gasteiger partial charge in [0.15, 0.2) is 5.11 Å². The molecule has 0 bridgehead atoms. The van der Waals surface area contributed by atoms with Gasteiger partial charge in [-0.15, -0.1) is 0 Å². The quantitative estimate of drug-likeness (QED) is 0.467. The number of aromatic nitrogens is 2. The van der Waals surface area contributed by atoms with E-state index in [2.05, 4.69) is 20.8 Å². The van der Waals surface area contributed by atoms with Crippen LogP contribution < -0.4 is 10.9 Å². The first-order valence-corrected chi connectivity index (χ1v) is 5.24. The second-order valence-electron chi connectivity index (χ2n) is 3.12. The van der Waals surface area contributed by atoms with Crippen LogP contribution in [0.25, 0.3) is 0 Å². The lowest BCUT2D eigenvalue weighted by molar-refractivity contribution is 0.0937. The molecule has 0 aromatic carbocycles. The standard InChI is InChI=1S/C9H13N5O2S/c1-14(4-5-15)9(17)13-12-8(16)7-6-10-2-3-11-7/h2-3,6,15H,4-5H2,1H3,(H,12,16)(H,13,17). The van der Waals surface area contributed by atoms with E-state index < -0.39 is 5.91 Å². The number of likely N-dealkylation sites (N-methyl/N-ethyl adjacent to an activating group) is 1. The van der Waals surface area contributed by atoms with Crippen molar-refractivity contribution in [3.05, 3.63) is 24.3 Å². The molecule has 8 heteroatoms. The zero-order valence-corrected chi connectivity index (χ0v) is 10.1. The number of carbonyl (C=O) groups excluding carboxylic acids is 1. The molecule has 0 radical (unpaired) electrons. The van der Waals surface area contributed by atoms with Gasteiger partial charge in [0.25, 0.3) is 5.91 Å². The summed E-state index contributed by atoms with van der Waals surface area (Å²) in [5, 5.41) is 9.01. The summed E-state index contributed by atoms with van der Waals surface area (Å²) in [6.45, 7) is 0.364. The Morgan fingerprint density at radius 1 is 1.53 bits per heavy atom. The molecule has 3 N–H and O–H groups in total. The monoisotopic (exact) mass is 255 g/mol. The predicted molar refractivity (Wildman–Crippen MR) is 64.9 cm³/mol. The molecule has 0 atom stereocenters. The van der Waals surface area contributed by atoms with Gasteiger partial charge in [0.05, 0.1) is 12.8 Å². The maximum atomic E-state index is 11.5. The van der Waals surface area contributed by atoms with Crippen LogP contribution in [0.15, 0.2) is 18.6 Å². The number of nitrogens with one attached hydrogen (secondary N) is 2. The molecule has 1 heterocycles. The zero-order chi connectivity index (χ0) is 12.7. The number of hydrogen-bond donors (Lipinski definition) is 3. The van der Waals surface area contributed by atoms with E-state index in [1.165, 1.54) is 18.6 Å². The smallest absolute Gasteiger partial charge is 0.289 e. The number of nitrogens with zero attached hydrogens (tertiary/aromatic N) is 3. The van der Waals surface area contributed by atoms with Crippen molar-refractivity contribution in [3.63, 3.8) is 0 Å². The van der Waals surface area contributed by atoms with Gasteiger partial charge in [0, 0.05) is 26.0 Å². The third-order valence-electron chi connectivity index (χ3n) is 1.86. The Morgan fingerprint density at radius 3 is 2.88 bits per heavy atom. The lowest BCUT2D eigenvalue weighted by atomic mass is 10.4. The van der Waals surface area contributed by atoms with E-state index in [4.69, 9.17) is 17.3 Å². The maximum absolute atomic E-state index is 11.5. The van der Waals surface area contributed by atoms with Crippen LogP contribution in [-0.4, -0.2) is 51.2 Å². The number of thiocarbonyl (C=S) groups is 1. The molecule has 0 saturated heterocycles. The number of amides is 1. The van der Waals surface area contributed by atoms with Crippen LogP contribution in [0.5, 0.6) is 0 Å². The van der Waals surface area contributed by atoms with Gasteiger partial charge in [-0.05, 0) is 12.2 Å². The highest BCUT2D eigenvalue weighted by molar-refractivity contribution is 7.80. The molecule has 7 nitrogen and oxygen atoms in total. The largest absolute Gasteiger partial charge is 0.395 e. The molecule has 0 aliphatic heterocycles. The molecule has 0 aliphatic rings. The van der Waals surface area contributed by atoms with Crippen molar-refractivity contribution >= 4 is 23.2 Å². The normalized spacial score (nSPS) is 9.53. The van der Waals surface area contributed by atoms with Gasteiger partial charge in [-0.1, -0.05) is 0 Å². The second-order valence-corrected chi connectivity index (χ2v) is 3.51. The first-order valence-electron chi connectivity index (χ1n) is 4.83. The minimum absolute atomic E-state index is 0.0174. The number of aliphatic hydroxyl groups is 1. The Balaban J connectivity index is 2.41. The Bertz CT molecular complexity index is 386. The molecule has 1 aromatic rings. The molecule has 17 heavy (non-hydrogen) atoms. The molecular weight excluding hydrogens is 242 g/mol. The average molecular weight is 255 g/mol. The molecule has 0 unspecified atom stereocenters. The summed E-state index contributed by atoms with van der Waals surface area (Å²) < 4.78 is 0. The van der Waals surface area contributed by atoms with Crippen LogP contribution in [0.3, 0.4) is 0 Å². The lowest BCUT2D eigenvalue weighted by Gasteiger charge is -2.19. The number of aliphatic hydroxyl groups excluding tert-OH is 1. The first-order chi connectivity index (χ1) is 8.15. The van der Waals surface area contributed by atoms with E-state index in [1.54, 1.807) is 11.9 Å². The van der Waals surface area contributed by atoms with Gasteiger partial charge >= 0.3 is 0 Å². The fourth-order valence-corrected chi connectivity index (χ4v) is 1.08. The molecule has 1 amide bonds. The average Bonchev–Trinajstić information content (AvgIpc) is 2.36. The van der Waals surface area contributed by atoms with Crippen LogP contribution in [0.1, 0.15) is 10.5 Å². The van der Waals surface area contributed by atoms with E-state index in [0.29, 0.717) is 11.7 Å². The van der Waals surface area contributed by atoms with Crippen molar-refractivity contribution in [2.45, 2.75) is 0 Å². The Hall–Kier alpha value is -1.80. The fourth-order valence-electron chi connectivity index (χ4n) is 0.938. The summed E-state index contributed by atoms with van der Waals surface area (Å²) in [4.78, 5) is 20.7. The molecule has 0 aliphatic carbocycles.